The van der Waals surface area contributed by atoms with Crippen molar-refractivity contribution in [2.45, 2.75) is 31.2 Å². The van der Waals surface area contributed by atoms with E-state index in [0.717, 1.165) is 10.4 Å². The molecule has 0 bridgehead atoms. The molecule has 0 spiro atoms. The lowest BCUT2D eigenvalue weighted by molar-refractivity contribution is 0.535. The summed E-state index contributed by atoms with van der Waals surface area (Å²) >= 11 is 3.33. The first-order valence-electron chi connectivity index (χ1n) is 5.16. The van der Waals surface area contributed by atoms with Crippen molar-refractivity contribution in [2.75, 3.05) is 5.32 Å². The van der Waals surface area contributed by atoms with Gasteiger partial charge in [0.15, 0.2) is 0 Å². The van der Waals surface area contributed by atoms with Crippen LogP contribution >= 0.6 is 15.9 Å². The van der Waals surface area contributed by atoms with Gasteiger partial charge in [0.25, 0.3) is 0 Å². The molecule has 0 unspecified atom stereocenters. The predicted octanol–water partition coefficient (Wildman–Crippen LogP) is 2.73. The van der Waals surface area contributed by atoms with E-state index in [1.807, 2.05) is 0 Å². The molecule has 2 aliphatic carbocycles. The topological polar surface area (TPSA) is 37.8 Å². The summed E-state index contributed by atoms with van der Waals surface area (Å²) in [5.41, 5.74) is 0.212. The number of hydrogen-bond donors (Lipinski definition) is 1. The monoisotopic (exact) mass is 271 g/mol. The highest BCUT2D eigenvalue weighted by Gasteiger charge is 2.54. The van der Waals surface area contributed by atoms with E-state index in [1.165, 1.54) is 31.9 Å². The molecule has 1 aromatic heterocycles. The van der Waals surface area contributed by atoms with Crippen LogP contribution in [0.2, 0.25) is 0 Å². The van der Waals surface area contributed by atoms with E-state index in [2.05, 4.69) is 31.2 Å². The van der Waals surface area contributed by atoms with Crippen molar-refractivity contribution in [3.05, 3.63) is 16.7 Å². The maximum absolute atomic E-state index is 12.9. The molecule has 3 nitrogen and oxygen atoms in total. The summed E-state index contributed by atoms with van der Waals surface area (Å²) in [4.78, 5) is 7.26. The Morgan fingerprint density at radius 3 is 2.80 bits per heavy atom. The van der Waals surface area contributed by atoms with Gasteiger partial charge >= 0.3 is 6.08 Å². The Morgan fingerprint density at radius 2 is 2.20 bits per heavy atom. The Balaban J connectivity index is 1.84. The molecule has 2 aliphatic rings. The Kier molecular flexibility index (Phi) is 1.99. The van der Waals surface area contributed by atoms with E-state index >= 15 is 0 Å². The molecular weight excluding hydrogens is 261 g/mol. The smallest absolute Gasteiger partial charge is 0.310 e. The lowest BCUT2D eigenvalue weighted by Crippen LogP contribution is -2.24. The van der Waals surface area contributed by atoms with Gasteiger partial charge in [-0.05, 0) is 47.5 Å². The summed E-state index contributed by atoms with van der Waals surface area (Å²) in [5.74, 6) is 1.36. The lowest BCUT2D eigenvalue weighted by atomic mass is 10.1. The van der Waals surface area contributed by atoms with E-state index in [9.17, 15) is 4.39 Å². The van der Waals surface area contributed by atoms with Crippen molar-refractivity contribution < 1.29 is 4.39 Å². The number of nitrogens with zero attached hydrogens (tertiary/aromatic N) is 2. The second kappa shape index (κ2) is 3.14. The Labute approximate surface area is 95.6 Å². The van der Waals surface area contributed by atoms with Crippen LogP contribution in [0.1, 0.15) is 25.7 Å². The maximum atomic E-state index is 12.9. The minimum Gasteiger partial charge on any atom is -0.363 e. The van der Waals surface area contributed by atoms with Gasteiger partial charge < -0.3 is 5.32 Å². The number of aromatic nitrogens is 2. The van der Waals surface area contributed by atoms with Crippen LogP contribution in [0.15, 0.2) is 10.7 Å². The molecule has 80 valence electrons. The zero-order valence-electron chi connectivity index (χ0n) is 8.13. The average Bonchev–Trinajstić information content (AvgIpc) is 3.01. The van der Waals surface area contributed by atoms with Crippen LogP contribution < -0.4 is 5.32 Å². The van der Waals surface area contributed by atoms with Crippen molar-refractivity contribution in [3.63, 3.8) is 0 Å². The van der Waals surface area contributed by atoms with Gasteiger partial charge in [-0.2, -0.15) is 9.37 Å². The normalized spacial score (nSPS) is 22.5. The van der Waals surface area contributed by atoms with Gasteiger partial charge in [-0.25, -0.2) is 4.98 Å². The molecule has 0 amide bonds. The molecule has 3 rings (SSSR count). The number of nitrogens with one attached hydrogen (secondary N) is 1. The minimum absolute atomic E-state index is 0.212. The SMILES string of the molecule is Fc1ncc(Br)c(NC2(C3CC3)CC2)n1. The highest BCUT2D eigenvalue weighted by Crippen LogP contribution is 2.55. The highest BCUT2D eigenvalue weighted by atomic mass is 79.9. The minimum atomic E-state index is -0.674. The van der Waals surface area contributed by atoms with Crippen LogP contribution in [0.3, 0.4) is 0 Å². The number of anilines is 1. The Morgan fingerprint density at radius 1 is 1.47 bits per heavy atom. The number of halogens is 2. The second-order valence-electron chi connectivity index (χ2n) is 4.39. The Hall–Kier alpha value is -0.710. The zero-order valence-corrected chi connectivity index (χ0v) is 9.72. The molecule has 1 heterocycles. The predicted molar refractivity (Wildman–Crippen MR) is 58.0 cm³/mol. The van der Waals surface area contributed by atoms with E-state index in [0.29, 0.717) is 5.82 Å². The molecule has 2 saturated carbocycles. The lowest BCUT2D eigenvalue weighted by Gasteiger charge is -2.17. The third-order valence-electron chi connectivity index (χ3n) is 3.23. The van der Waals surface area contributed by atoms with Crippen molar-refractivity contribution in [1.82, 2.24) is 9.97 Å². The van der Waals surface area contributed by atoms with Crippen molar-refractivity contribution >= 4 is 21.7 Å². The summed E-state index contributed by atoms with van der Waals surface area (Å²) in [7, 11) is 0. The van der Waals surface area contributed by atoms with Crippen LogP contribution in [-0.2, 0) is 0 Å². The van der Waals surface area contributed by atoms with Crippen molar-refractivity contribution in [1.29, 1.82) is 0 Å². The van der Waals surface area contributed by atoms with Crippen LogP contribution in [-0.4, -0.2) is 15.5 Å². The van der Waals surface area contributed by atoms with Crippen LogP contribution in [0.25, 0.3) is 0 Å². The van der Waals surface area contributed by atoms with Gasteiger partial charge in [0.1, 0.15) is 5.82 Å². The molecule has 5 heteroatoms. The van der Waals surface area contributed by atoms with E-state index < -0.39 is 6.08 Å². The molecule has 0 aliphatic heterocycles. The van der Waals surface area contributed by atoms with E-state index in [4.69, 9.17) is 0 Å². The quantitative estimate of drug-likeness (QED) is 0.860. The molecule has 2 fully saturated rings. The molecular formula is C10H11BrFN3. The van der Waals surface area contributed by atoms with Crippen molar-refractivity contribution in [2.24, 2.45) is 5.92 Å². The first-order chi connectivity index (χ1) is 7.20. The van der Waals surface area contributed by atoms with Gasteiger partial charge in [0, 0.05) is 11.7 Å². The largest absolute Gasteiger partial charge is 0.363 e. The first-order valence-corrected chi connectivity index (χ1v) is 5.95. The van der Waals surface area contributed by atoms with Gasteiger partial charge in [0.05, 0.1) is 4.47 Å². The number of hydrogen-bond acceptors (Lipinski definition) is 3. The zero-order chi connectivity index (χ0) is 10.5. The van der Waals surface area contributed by atoms with Gasteiger partial charge in [-0.3, -0.25) is 0 Å². The first kappa shape index (κ1) is 9.51. The standard InChI is InChI=1S/C10H11BrFN3/c11-7-5-13-9(12)14-8(7)15-10(3-4-10)6-1-2-6/h5-6H,1-4H2,(H,13,14,15). The third kappa shape index (κ3) is 1.73. The van der Waals surface area contributed by atoms with E-state index in [1.54, 1.807) is 0 Å². The molecule has 0 radical (unpaired) electrons. The molecule has 15 heavy (non-hydrogen) atoms. The van der Waals surface area contributed by atoms with E-state index in [-0.39, 0.29) is 5.54 Å². The average molecular weight is 272 g/mol. The van der Waals surface area contributed by atoms with Crippen LogP contribution in [0.5, 0.6) is 0 Å². The fourth-order valence-electron chi connectivity index (χ4n) is 2.07. The number of rotatable bonds is 3. The van der Waals surface area contributed by atoms with Crippen LogP contribution in [0.4, 0.5) is 10.2 Å². The van der Waals surface area contributed by atoms with Gasteiger partial charge in [0.2, 0.25) is 0 Å². The van der Waals surface area contributed by atoms with Crippen LogP contribution in [0, 0.1) is 12.0 Å². The molecule has 1 aromatic rings. The molecule has 1 N–H and O–H groups in total. The summed E-state index contributed by atoms with van der Waals surface area (Å²) in [6, 6.07) is 0. The fraction of sp³-hybridized carbons (Fsp3) is 0.600. The van der Waals surface area contributed by atoms with Crippen molar-refractivity contribution in [3.8, 4) is 0 Å². The second-order valence-corrected chi connectivity index (χ2v) is 5.25. The van der Waals surface area contributed by atoms with Gasteiger partial charge in [-0.15, -0.1) is 0 Å². The van der Waals surface area contributed by atoms with Gasteiger partial charge in [-0.1, -0.05) is 0 Å². The maximum Gasteiger partial charge on any atom is 0.310 e. The summed E-state index contributed by atoms with van der Waals surface area (Å²) in [6.45, 7) is 0. The molecule has 0 saturated heterocycles. The summed E-state index contributed by atoms with van der Waals surface area (Å²) in [5, 5.41) is 3.36. The third-order valence-corrected chi connectivity index (χ3v) is 3.81. The fourth-order valence-corrected chi connectivity index (χ4v) is 2.37. The summed E-state index contributed by atoms with van der Waals surface area (Å²) in [6.07, 6.45) is 5.71. The molecule has 0 aromatic carbocycles. The molecule has 0 atom stereocenters. The highest BCUT2D eigenvalue weighted by molar-refractivity contribution is 9.10. The Bertz CT molecular complexity index is 402. The summed E-state index contributed by atoms with van der Waals surface area (Å²) < 4.78 is 13.6.